The number of aromatic carboxylic acids is 1. The number of carboxylic acids is 3. The largest absolute Gasteiger partial charge is 0.480 e. The summed E-state index contributed by atoms with van der Waals surface area (Å²) < 4.78 is 1.44. The lowest BCUT2D eigenvalue weighted by Gasteiger charge is -2.28. The summed E-state index contributed by atoms with van der Waals surface area (Å²) in [6.45, 7) is 0.288. The average Bonchev–Trinajstić information content (AvgIpc) is 3.12. The molecule has 2 heterocycles. The lowest BCUT2D eigenvalue weighted by molar-refractivity contribution is -0.149. The number of fused-ring (bicyclic) bond motifs is 1. The first-order chi connectivity index (χ1) is 11.8. The molecule has 0 radical (unpaired) electrons. The van der Waals surface area contributed by atoms with Gasteiger partial charge in [-0.2, -0.15) is 0 Å². The molecule has 1 fully saturated rings. The Morgan fingerprint density at radius 1 is 1.16 bits per heavy atom. The minimum atomic E-state index is -1.33. The summed E-state index contributed by atoms with van der Waals surface area (Å²) in [6.07, 6.45) is 0.889. The van der Waals surface area contributed by atoms with E-state index in [1.807, 2.05) is 0 Å². The third-order valence-electron chi connectivity index (χ3n) is 4.77. The van der Waals surface area contributed by atoms with E-state index in [-0.39, 0.29) is 17.8 Å². The van der Waals surface area contributed by atoms with E-state index >= 15 is 0 Å². The van der Waals surface area contributed by atoms with Crippen LogP contribution < -0.4 is 0 Å². The first kappa shape index (κ1) is 17.0. The lowest BCUT2D eigenvalue weighted by Crippen LogP contribution is -2.42. The topological polar surface area (TPSA) is 120 Å². The molecular weight excluding hydrogens is 328 g/mol. The van der Waals surface area contributed by atoms with Gasteiger partial charge in [-0.15, -0.1) is 0 Å². The quantitative estimate of drug-likeness (QED) is 0.751. The molecule has 0 bridgehead atoms. The molecule has 1 aromatic carbocycles. The minimum absolute atomic E-state index is 0.131. The molecule has 1 saturated heterocycles. The number of hydrogen-bond acceptors (Lipinski definition) is 4. The number of aromatic nitrogens is 1. The molecule has 132 valence electrons. The molecule has 1 aliphatic rings. The number of hydrogen-bond donors (Lipinski definition) is 3. The van der Waals surface area contributed by atoms with Crippen LogP contribution in [0.3, 0.4) is 0 Å². The van der Waals surface area contributed by atoms with Crippen LogP contribution in [0.2, 0.25) is 0 Å². The molecule has 0 spiro atoms. The van der Waals surface area contributed by atoms with Crippen molar-refractivity contribution in [1.29, 1.82) is 0 Å². The number of rotatable bonds is 5. The van der Waals surface area contributed by atoms with Gasteiger partial charge in [-0.3, -0.25) is 14.5 Å². The molecule has 3 N–H and O–H groups in total. The molecule has 25 heavy (non-hydrogen) atoms. The maximum Gasteiger partial charge on any atom is 0.352 e. The van der Waals surface area contributed by atoms with Gasteiger partial charge in [-0.25, -0.2) is 4.79 Å². The first-order valence-electron chi connectivity index (χ1n) is 7.86. The average molecular weight is 346 g/mol. The van der Waals surface area contributed by atoms with Crippen LogP contribution in [0.25, 0.3) is 10.9 Å². The first-order valence-corrected chi connectivity index (χ1v) is 7.86. The van der Waals surface area contributed by atoms with Crippen molar-refractivity contribution in [2.24, 2.45) is 7.05 Å². The second-order valence-electron chi connectivity index (χ2n) is 6.12. The lowest BCUT2D eigenvalue weighted by atomic mass is 10.00. The Morgan fingerprint density at radius 2 is 1.84 bits per heavy atom. The summed E-state index contributed by atoms with van der Waals surface area (Å²) in [4.78, 5) is 36.7. The zero-order valence-corrected chi connectivity index (χ0v) is 13.5. The van der Waals surface area contributed by atoms with Crippen molar-refractivity contribution in [2.45, 2.75) is 24.9 Å². The standard InChI is InChI=1S/C17H18N2O6/c1-18-10-6-3-2-5-9(10)12(13(18)16(22)23)14(17(24)25)19-8-4-7-11(19)15(20)21/h2-3,5-6,11,14H,4,7-8H2,1H3,(H,20,21)(H,22,23)(H,24,25)/t11-,14?/m1/s1. The Kier molecular flexibility index (Phi) is 4.22. The summed E-state index contributed by atoms with van der Waals surface area (Å²) in [7, 11) is 1.56. The van der Waals surface area contributed by atoms with Gasteiger partial charge >= 0.3 is 17.9 Å². The fourth-order valence-corrected chi connectivity index (χ4v) is 3.75. The monoisotopic (exact) mass is 346 g/mol. The zero-order chi connectivity index (χ0) is 18.3. The molecule has 8 nitrogen and oxygen atoms in total. The highest BCUT2D eigenvalue weighted by atomic mass is 16.4. The van der Waals surface area contributed by atoms with Gasteiger partial charge in [0, 0.05) is 30.1 Å². The van der Waals surface area contributed by atoms with Crippen molar-refractivity contribution >= 4 is 28.8 Å². The maximum absolute atomic E-state index is 12.0. The van der Waals surface area contributed by atoms with Gasteiger partial charge in [0.2, 0.25) is 0 Å². The number of nitrogens with zero attached hydrogens (tertiary/aromatic N) is 2. The van der Waals surface area contributed by atoms with E-state index in [9.17, 15) is 29.7 Å². The van der Waals surface area contributed by atoms with E-state index in [1.54, 1.807) is 31.3 Å². The van der Waals surface area contributed by atoms with Crippen molar-refractivity contribution in [3.8, 4) is 0 Å². The molecule has 1 unspecified atom stereocenters. The van der Waals surface area contributed by atoms with E-state index in [0.29, 0.717) is 23.7 Å². The van der Waals surface area contributed by atoms with Crippen LogP contribution in [0.1, 0.15) is 34.9 Å². The van der Waals surface area contributed by atoms with Crippen molar-refractivity contribution in [1.82, 2.24) is 9.47 Å². The number of benzene rings is 1. The second-order valence-corrected chi connectivity index (χ2v) is 6.12. The SMILES string of the molecule is Cn1c(C(=O)O)c(C(C(=O)O)N2CCC[C@@H]2C(=O)O)c2ccccc21. The summed E-state index contributed by atoms with van der Waals surface area (Å²) in [5.74, 6) is -3.60. The summed E-state index contributed by atoms with van der Waals surface area (Å²) in [5.41, 5.74) is 0.586. The highest BCUT2D eigenvalue weighted by Crippen LogP contribution is 2.37. The van der Waals surface area contributed by atoms with E-state index in [1.165, 1.54) is 9.47 Å². The predicted octanol–water partition coefficient (Wildman–Crippen LogP) is 1.55. The molecular formula is C17H18N2O6. The normalized spacial score (nSPS) is 19.2. The molecule has 0 aliphatic carbocycles. The number of para-hydroxylation sites is 1. The molecule has 0 amide bonds. The van der Waals surface area contributed by atoms with Gasteiger partial charge in [0.05, 0.1) is 0 Å². The molecule has 1 aliphatic heterocycles. The van der Waals surface area contributed by atoms with Crippen LogP contribution in [-0.4, -0.2) is 55.3 Å². The molecule has 0 saturated carbocycles. The van der Waals surface area contributed by atoms with Crippen LogP contribution in [0.15, 0.2) is 24.3 Å². The number of carboxylic acid groups (broad SMARTS) is 3. The Hall–Kier alpha value is -2.87. The molecule has 3 rings (SSSR count). The smallest absolute Gasteiger partial charge is 0.352 e. The van der Waals surface area contributed by atoms with Gasteiger partial charge < -0.3 is 19.9 Å². The van der Waals surface area contributed by atoms with Gasteiger partial charge in [0.25, 0.3) is 0 Å². The van der Waals surface area contributed by atoms with Crippen LogP contribution in [0, 0.1) is 0 Å². The molecule has 2 aromatic rings. The summed E-state index contributed by atoms with van der Waals surface area (Å²) >= 11 is 0. The van der Waals surface area contributed by atoms with E-state index in [4.69, 9.17) is 0 Å². The van der Waals surface area contributed by atoms with Crippen LogP contribution in [0.4, 0.5) is 0 Å². The van der Waals surface area contributed by atoms with Gasteiger partial charge in [0.1, 0.15) is 17.8 Å². The molecule has 8 heteroatoms. The van der Waals surface area contributed by atoms with Crippen molar-refractivity contribution in [3.63, 3.8) is 0 Å². The van der Waals surface area contributed by atoms with Gasteiger partial charge in [-0.1, -0.05) is 18.2 Å². The minimum Gasteiger partial charge on any atom is -0.480 e. The fourth-order valence-electron chi connectivity index (χ4n) is 3.75. The van der Waals surface area contributed by atoms with Crippen molar-refractivity contribution < 1.29 is 29.7 Å². The van der Waals surface area contributed by atoms with Crippen LogP contribution >= 0.6 is 0 Å². The Labute approximate surface area is 142 Å². The van der Waals surface area contributed by atoms with E-state index in [0.717, 1.165) is 0 Å². The van der Waals surface area contributed by atoms with E-state index in [2.05, 4.69) is 0 Å². The second kappa shape index (κ2) is 6.21. The number of likely N-dealkylation sites (tertiary alicyclic amines) is 1. The Morgan fingerprint density at radius 3 is 2.44 bits per heavy atom. The highest BCUT2D eigenvalue weighted by molar-refractivity contribution is 6.01. The zero-order valence-electron chi connectivity index (χ0n) is 13.5. The molecule has 1 aromatic heterocycles. The number of carbonyl (C=O) groups is 3. The van der Waals surface area contributed by atoms with Crippen molar-refractivity contribution in [3.05, 3.63) is 35.5 Å². The maximum atomic E-state index is 12.0. The summed E-state index contributed by atoms with van der Waals surface area (Å²) in [5, 5.41) is 29.4. The predicted molar refractivity (Wildman–Crippen MR) is 87.6 cm³/mol. The van der Waals surface area contributed by atoms with Gasteiger partial charge in [-0.05, 0) is 18.9 Å². The number of aryl methyl sites for hydroxylation is 1. The Bertz CT molecular complexity index is 871. The Balaban J connectivity index is 2.27. The molecule has 2 atom stereocenters. The third-order valence-corrected chi connectivity index (χ3v) is 4.77. The fraction of sp³-hybridized carbons (Fsp3) is 0.353. The summed E-state index contributed by atoms with van der Waals surface area (Å²) in [6, 6.07) is 4.54. The van der Waals surface area contributed by atoms with Crippen molar-refractivity contribution in [2.75, 3.05) is 6.54 Å². The third kappa shape index (κ3) is 2.64. The van der Waals surface area contributed by atoms with E-state index < -0.39 is 30.0 Å². The highest BCUT2D eigenvalue weighted by Gasteiger charge is 2.42. The van der Waals surface area contributed by atoms with Gasteiger partial charge in [0.15, 0.2) is 0 Å². The van der Waals surface area contributed by atoms with Crippen LogP contribution in [-0.2, 0) is 16.6 Å². The number of aliphatic carboxylic acids is 2. The van der Waals surface area contributed by atoms with Crippen LogP contribution in [0.5, 0.6) is 0 Å².